The zero-order chi connectivity index (χ0) is 25.3. The maximum Gasteiger partial charge on any atom is 0.446 e. The van der Waals surface area contributed by atoms with Crippen LogP contribution in [0.5, 0.6) is 0 Å². The van der Waals surface area contributed by atoms with Crippen molar-refractivity contribution < 1.29 is 21.6 Å². The molecule has 5 nitrogen and oxygen atoms in total. The number of anilines is 1. The van der Waals surface area contributed by atoms with Crippen molar-refractivity contribution in [3.05, 3.63) is 79.3 Å². The van der Waals surface area contributed by atoms with Crippen LogP contribution in [-0.4, -0.2) is 34.6 Å². The summed E-state index contributed by atoms with van der Waals surface area (Å²) >= 11 is -0.141. The van der Waals surface area contributed by atoms with Gasteiger partial charge in [-0.2, -0.15) is 13.2 Å². The molecule has 4 aromatic rings. The van der Waals surface area contributed by atoms with Gasteiger partial charge in [0.25, 0.3) is 0 Å². The molecule has 5 rings (SSSR count). The minimum absolute atomic E-state index is 0.0815. The van der Waals surface area contributed by atoms with E-state index in [-0.39, 0.29) is 22.7 Å². The number of nitrogens with one attached hydrogen (secondary N) is 1. The molecule has 188 valence electrons. The van der Waals surface area contributed by atoms with Crippen LogP contribution in [0.1, 0.15) is 25.7 Å². The average molecular weight is 532 g/mol. The highest BCUT2D eigenvalue weighted by molar-refractivity contribution is 8.00. The smallest absolute Gasteiger partial charge is 0.382 e. The Morgan fingerprint density at radius 3 is 2.22 bits per heavy atom. The van der Waals surface area contributed by atoms with E-state index in [0.29, 0.717) is 30.6 Å². The number of thioether (sulfide) groups is 1. The molecule has 0 unspecified atom stereocenters. The summed E-state index contributed by atoms with van der Waals surface area (Å²) in [5.74, 6) is 0. The van der Waals surface area contributed by atoms with Crippen LogP contribution in [-0.2, 0) is 9.84 Å². The number of hydrogen-bond acceptors (Lipinski definition) is 5. The molecule has 36 heavy (non-hydrogen) atoms. The van der Waals surface area contributed by atoms with E-state index in [2.05, 4.69) is 10.3 Å². The first-order chi connectivity index (χ1) is 17.2. The number of benzene rings is 2. The zero-order valence-corrected chi connectivity index (χ0v) is 20.8. The van der Waals surface area contributed by atoms with Gasteiger partial charge in [0.1, 0.15) is 5.65 Å². The van der Waals surface area contributed by atoms with Gasteiger partial charge in [-0.15, -0.1) is 0 Å². The standard InChI is InChI=1S/C26H24F3N3O2S2/c27-26(28,29)35-22-8-4-20(5-9-22)31-21-6-12-24(13-7-21)36(33,34)23-10-1-18(2-11-23)19-3-14-25-30-15-16-32(25)17-19/h1-5,8-11,14-17,21,24,31H,6-7,12-13H2/t21-,24-. The summed E-state index contributed by atoms with van der Waals surface area (Å²) in [7, 11) is -3.46. The lowest BCUT2D eigenvalue weighted by Crippen LogP contribution is -2.32. The van der Waals surface area contributed by atoms with Gasteiger partial charge in [-0.1, -0.05) is 12.1 Å². The molecule has 0 spiro atoms. The van der Waals surface area contributed by atoms with Crippen LogP contribution in [0.25, 0.3) is 16.8 Å². The lowest BCUT2D eigenvalue weighted by Gasteiger charge is -2.29. The summed E-state index contributed by atoms with van der Waals surface area (Å²) in [4.78, 5) is 4.69. The van der Waals surface area contributed by atoms with Gasteiger partial charge in [0.15, 0.2) is 9.84 Å². The Kier molecular flexibility index (Phi) is 6.74. The van der Waals surface area contributed by atoms with Crippen molar-refractivity contribution in [3.63, 3.8) is 0 Å². The minimum Gasteiger partial charge on any atom is -0.382 e. The quantitative estimate of drug-likeness (QED) is 0.277. The molecule has 1 fully saturated rings. The number of aromatic nitrogens is 2. The summed E-state index contributed by atoms with van der Waals surface area (Å²) in [6.45, 7) is 0. The van der Waals surface area contributed by atoms with Gasteiger partial charge in [-0.25, -0.2) is 13.4 Å². The van der Waals surface area contributed by atoms with Crippen molar-refractivity contribution in [3.8, 4) is 11.1 Å². The van der Waals surface area contributed by atoms with E-state index in [0.717, 1.165) is 22.5 Å². The summed E-state index contributed by atoms with van der Waals surface area (Å²) in [6.07, 6.45) is 7.96. The van der Waals surface area contributed by atoms with Crippen molar-refractivity contribution in [2.24, 2.45) is 0 Å². The summed E-state index contributed by atoms with van der Waals surface area (Å²) in [6, 6.07) is 17.1. The molecule has 10 heteroatoms. The van der Waals surface area contributed by atoms with Gasteiger partial charge >= 0.3 is 5.51 Å². The number of imidazole rings is 1. The van der Waals surface area contributed by atoms with Crippen LogP contribution in [0.2, 0.25) is 0 Å². The van der Waals surface area contributed by atoms with E-state index in [4.69, 9.17) is 0 Å². The van der Waals surface area contributed by atoms with Gasteiger partial charge < -0.3 is 9.72 Å². The molecule has 1 aliphatic carbocycles. The van der Waals surface area contributed by atoms with E-state index in [1.165, 1.54) is 12.1 Å². The van der Waals surface area contributed by atoms with Gasteiger partial charge in [0.05, 0.1) is 10.1 Å². The van der Waals surface area contributed by atoms with Crippen LogP contribution in [0.3, 0.4) is 0 Å². The van der Waals surface area contributed by atoms with Gasteiger partial charge in [0, 0.05) is 35.2 Å². The fraction of sp³-hybridized carbons (Fsp3) is 0.269. The van der Waals surface area contributed by atoms with E-state index in [1.54, 1.807) is 30.5 Å². The van der Waals surface area contributed by atoms with Crippen LogP contribution >= 0.6 is 11.8 Å². The van der Waals surface area contributed by atoms with Gasteiger partial charge in [-0.3, -0.25) is 0 Å². The third kappa shape index (κ3) is 5.54. The molecule has 0 bridgehead atoms. The summed E-state index contributed by atoms with van der Waals surface area (Å²) in [5.41, 5.74) is -0.829. The first-order valence-electron chi connectivity index (χ1n) is 11.6. The second kappa shape index (κ2) is 9.82. The second-order valence-corrected chi connectivity index (χ2v) is 12.2. The lowest BCUT2D eigenvalue weighted by molar-refractivity contribution is -0.0328. The number of halogens is 3. The molecule has 1 aliphatic rings. The SMILES string of the molecule is O=S(=O)(c1ccc(-c2ccc3nccn3c2)cc1)[C@H]1CC[C@H](Nc2ccc(SC(F)(F)F)cc2)CC1. The maximum atomic E-state index is 13.3. The monoisotopic (exact) mass is 531 g/mol. The van der Waals surface area contributed by atoms with E-state index in [9.17, 15) is 21.6 Å². The predicted molar refractivity (Wildman–Crippen MR) is 136 cm³/mol. The Morgan fingerprint density at radius 2 is 1.56 bits per heavy atom. The molecule has 2 heterocycles. The Bertz CT molecular complexity index is 1440. The predicted octanol–water partition coefficient (Wildman–Crippen LogP) is 6.81. The molecule has 1 N–H and O–H groups in total. The Morgan fingerprint density at radius 1 is 0.889 bits per heavy atom. The highest BCUT2D eigenvalue weighted by atomic mass is 32.2. The molecule has 2 aromatic heterocycles. The van der Waals surface area contributed by atoms with Crippen molar-refractivity contribution in [2.75, 3.05) is 5.32 Å². The zero-order valence-electron chi connectivity index (χ0n) is 19.1. The van der Waals surface area contributed by atoms with Crippen LogP contribution in [0.15, 0.2) is 89.0 Å². The number of nitrogens with zero attached hydrogens (tertiary/aromatic N) is 2. The van der Waals surface area contributed by atoms with Crippen molar-refractivity contribution >= 4 is 32.9 Å². The number of pyridine rings is 1. The normalized spacial score (nSPS) is 18.9. The molecular formula is C26H24F3N3O2S2. The molecule has 0 radical (unpaired) electrons. The van der Waals surface area contributed by atoms with Crippen LogP contribution < -0.4 is 5.32 Å². The molecule has 2 aromatic carbocycles. The van der Waals surface area contributed by atoms with Crippen molar-refractivity contribution in [1.82, 2.24) is 9.38 Å². The van der Waals surface area contributed by atoms with Crippen LogP contribution in [0, 0.1) is 0 Å². The summed E-state index contributed by atoms with van der Waals surface area (Å²) < 4.78 is 66.0. The first kappa shape index (κ1) is 24.7. The molecule has 0 amide bonds. The number of sulfone groups is 1. The molecule has 0 saturated heterocycles. The fourth-order valence-electron chi connectivity index (χ4n) is 4.63. The highest BCUT2D eigenvalue weighted by Gasteiger charge is 2.32. The summed E-state index contributed by atoms with van der Waals surface area (Å²) in [5, 5.41) is 2.88. The van der Waals surface area contributed by atoms with Crippen molar-refractivity contribution in [2.45, 2.75) is 52.3 Å². The number of hydrogen-bond donors (Lipinski definition) is 1. The number of fused-ring (bicyclic) bond motifs is 1. The van der Waals surface area contributed by atoms with Gasteiger partial charge in [-0.05, 0) is 97.1 Å². The first-order valence-corrected chi connectivity index (χ1v) is 13.9. The van der Waals surface area contributed by atoms with E-state index in [1.807, 2.05) is 41.1 Å². The molecule has 0 aliphatic heterocycles. The Hall–Kier alpha value is -2.98. The fourth-order valence-corrected chi connectivity index (χ4v) is 6.96. The van der Waals surface area contributed by atoms with Crippen LogP contribution in [0.4, 0.5) is 18.9 Å². The third-order valence-electron chi connectivity index (χ3n) is 6.48. The van der Waals surface area contributed by atoms with Gasteiger partial charge in [0.2, 0.25) is 0 Å². The topological polar surface area (TPSA) is 63.5 Å². The number of rotatable bonds is 6. The average Bonchev–Trinajstić information content (AvgIpc) is 3.33. The van der Waals surface area contributed by atoms with E-state index >= 15 is 0 Å². The third-order valence-corrected chi connectivity index (χ3v) is 9.49. The number of alkyl halides is 3. The Balaban J connectivity index is 1.19. The molecule has 0 atom stereocenters. The molecular weight excluding hydrogens is 507 g/mol. The largest absolute Gasteiger partial charge is 0.446 e. The van der Waals surface area contributed by atoms with E-state index < -0.39 is 20.6 Å². The lowest BCUT2D eigenvalue weighted by atomic mass is 9.95. The highest BCUT2D eigenvalue weighted by Crippen LogP contribution is 2.37. The maximum absolute atomic E-state index is 13.3. The molecule has 1 saturated carbocycles. The Labute approximate surface area is 211 Å². The second-order valence-electron chi connectivity index (χ2n) is 8.87. The minimum atomic E-state index is -4.31. The van der Waals surface area contributed by atoms with Crippen molar-refractivity contribution in [1.29, 1.82) is 0 Å².